The summed E-state index contributed by atoms with van der Waals surface area (Å²) >= 11 is 8.36. The molecular formula is C20H20ClN3OS. The molecule has 2 N–H and O–H groups in total. The van der Waals surface area contributed by atoms with Gasteiger partial charge in [-0.3, -0.25) is 9.69 Å². The highest BCUT2D eigenvalue weighted by atomic mass is 35.5. The maximum Gasteiger partial charge on any atom is 0.248 e. The van der Waals surface area contributed by atoms with Crippen LogP contribution in [0.3, 0.4) is 0 Å². The van der Waals surface area contributed by atoms with Crippen molar-refractivity contribution in [3.05, 3.63) is 64.0 Å². The molecule has 2 aromatic carbocycles. The van der Waals surface area contributed by atoms with Gasteiger partial charge >= 0.3 is 0 Å². The molecule has 0 unspecified atom stereocenters. The molecule has 6 heteroatoms. The van der Waals surface area contributed by atoms with Gasteiger partial charge in [-0.25, -0.2) is 0 Å². The molecule has 0 saturated carbocycles. The van der Waals surface area contributed by atoms with Crippen LogP contribution in [0.25, 0.3) is 10.1 Å². The third kappa shape index (κ3) is 3.43. The van der Waals surface area contributed by atoms with Crippen LogP contribution in [0.4, 0.5) is 5.69 Å². The topological polar surface area (TPSA) is 49.6 Å². The van der Waals surface area contributed by atoms with Gasteiger partial charge < -0.3 is 10.6 Å². The Hall–Kier alpha value is -2.08. The molecule has 134 valence electrons. The van der Waals surface area contributed by atoms with E-state index in [9.17, 15) is 4.79 Å². The zero-order valence-electron chi connectivity index (χ0n) is 14.3. The Morgan fingerprint density at radius 3 is 2.38 bits per heavy atom. The molecule has 1 aromatic heterocycles. The van der Waals surface area contributed by atoms with Crippen molar-refractivity contribution in [2.75, 3.05) is 31.1 Å². The number of nitrogens with zero attached hydrogens (tertiary/aromatic N) is 2. The second-order valence-electron chi connectivity index (χ2n) is 6.51. The average molecular weight is 386 g/mol. The molecule has 0 radical (unpaired) electrons. The molecule has 1 saturated heterocycles. The van der Waals surface area contributed by atoms with Gasteiger partial charge in [0, 0.05) is 58.9 Å². The van der Waals surface area contributed by atoms with Gasteiger partial charge in [-0.05, 0) is 30.3 Å². The number of hydrogen-bond acceptors (Lipinski definition) is 4. The Bertz CT molecular complexity index is 930. The summed E-state index contributed by atoms with van der Waals surface area (Å²) in [5.74, 6) is -0.387. The van der Waals surface area contributed by atoms with Gasteiger partial charge in [-0.2, -0.15) is 0 Å². The van der Waals surface area contributed by atoms with E-state index >= 15 is 0 Å². The molecule has 4 rings (SSSR count). The molecule has 0 atom stereocenters. The average Bonchev–Trinajstić information content (AvgIpc) is 2.98. The number of primary amides is 1. The molecule has 0 spiro atoms. The molecule has 2 heterocycles. The lowest BCUT2D eigenvalue weighted by molar-refractivity contribution is 0.100. The SMILES string of the molecule is NC(=O)c1ccc(N2CCN(Cc3sc4ccccc4c3Cl)CC2)cc1. The van der Waals surface area contributed by atoms with Gasteiger partial charge in [-0.15, -0.1) is 11.3 Å². The number of thiophene rings is 1. The summed E-state index contributed by atoms with van der Waals surface area (Å²) in [6, 6.07) is 15.8. The maximum atomic E-state index is 11.2. The highest BCUT2D eigenvalue weighted by Gasteiger charge is 2.20. The van der Waals surface area contributed by atoms with Crippen molar-refractivity contribution in [1.29, 1.82) is 0 Å². The Morgan fingerprint density at radius 2 is 1.73 bits per heavy atom. The molecule has 0 aliphatic carbocycles. The number of fused-ring (bicyclic) bond motifs is 1. The summed E-state index contributed by atoms with van der Waals surface area (Å²) in [4.78, 5) is 17.2. The summed E-state index contributed by atoms with van der Waals surface area (Å²) in [7, 11) is 0. The number of anilines is 1. The lowest BCUT2D eigenvalue weighted by atomic mass is 10.1. The van der Waals surface area contributed by atoms with E-state index in [4.69, 9.17) is 17.3 Å². The molecule has 4 nitrogen and oxygen atoms in total. The van der Waals surface area contributed by atoms with E-state index in [2.05, 4.69) is 28.0 Å². The second kappa shape index (κ2) is 7.27. The fourth-order valence-corrected chi connectivity index (χ4v) is 4.91. The van der Waals surface area contributed by atoms with Gasteiger partial charge in [0.1, 0.15) is 0 Å². The Balaban J connectivity index is 1.40. The number of benzene rings is 2. The van der Waals surface area contributed by atoms with Crippen LogP contribution in [-0.2, 0) is 6.54 Å². The Morgan fingerprint density at radius 1 is 1.04 bits per heavy atom. The molecule has 1 fully saturated rings. The first-order valence-electron chi connectivity index (χ1n) is 8.65. The van der Waals surface area contributed by atoms with E-state index < -0.39 is 0 Å². The number of hydrogen-bond donors (Lipinski definition) is 1. The van der Waals surface area contributed by atoms with Gasteiger partial charge in [0.25, 0.3) is 0 Å². The van der Waals surface area contributed by atoms with Crippen LogP contribution in [0.5, 0.6) is 0 Å². The summed E-state index contributed by atoms with van der Waals surface area (Å²) in [6.07, 6.45) is 0. The number of halogens is 1. The van der Waals surface area contributed by atoms with Crippen LogP contribution in [-0.4, -0.2) is 37.0 Å². The van der Waals surface area contributed by atoms with E-state index in [1.807, 2.05) is 18.2 Å². The van der Waals surface area contributed by atoms with Gasteiger partial charge in [-0.1, -0.05) is 29.8 Å². The minimum Gasteiger partial charge on any atom is -0.369 e. The van der Waals surface area contributed by atoms with Crippen molar-refractivity contribution in [2.45, 2.75) is 6.54 Å². The van der Waals surface area contributed by atoms with Crippen LogP contribution in [0.1, 0.15) is 15.2 Å². The fraction of sp³-hybridized carbons (Fsp3) is 0.250. The smallest absolute Gasteiger partial charge is 0.248 e. The van der Waals surface area contributed by atoms with Crippen LogP contribution in [0.15, 0.2) is 48.5 Å². The van der Waals surface area contributed by atoms with Gasteiger partial charge in [0.15, 0.2) is 0 Å². The van der Waals surface area contributed by atoms with Crippen LogP contribution in [0, 0.1) is 0 Å². The largest absolute Gasteiger partial charge is 0.369 e. The number of amides is 1. The monoisotopic (exact) mass is 385 g/mol. The summed E-state index contributed by atoms with van der Waals surface area (Å²) < 4.78 is 1.25. The highest BCUT2D eigenvalue weighted by Crippen LogP contribution is 2.36. The fourth-order valence-electron chi connectivity index (χ4n) is 3.37. The Kier molecular flexibility index (Phi) is 4.85. The van der Waals surface area contributed by atoms with Crippen molar-refractivity contribution in [2.24, 2.45) is 5.73 Å². The van der Waals surface area contributed by atoms with E-state index in [0.29, 0.717) is 5.56 Å². The number of piperazine rings is 1. The maximum absolute atomic E-state index is 11.2. The lowest BCUT2D eigenvalue weighted by Gasteiger charge is -2.36. The molecule has 1 amide bonds. The zero-order valence-corrected chi connectivity index (χ0v) is 15.9. The van der Waals surface area contributed by atoms with Crippen molar-refractivity contribution < 1.29 is 4.79 Å². The zero-order chi connectivity index (χ0) is 18.1. The van der Waals surface area contributed by atoms with E-state index in [0.717, 1.165) is 48.8 Å². The van der Waals surface area contributed by atoms with Crippen LogP contribution >= 0.6 is 22.9 Å². The predicted octanol–water partition coefficient (Wildman–Crippen LogP) is 3.98. The standard InChI is InChI=1S/C20H20ClN3OS/c21-19-16-3-1-2-4-17(16)26-18(19)13-23-9-11-24(12-10-23)15-7-5-14(6-8-15)20(22)25/h1-8H,9-13H2,(H2,22,25). The van der Waals surface area contributed by atoms with Crippen molar-refractivity contribution in [3.63, 3.8) is 0 Å². The Labute approximate surface area is 161 Å². The van der Waals surface area contributed by atoms with Gasteiger partial charge in [0.2, 0.25) is 5.91 Å². The lowest BCUT2D eigenvalue weighted by Crippen LogP contribution is -2.45. The number of carbonyl (C=O) groups excluding carboxylic acids is 1. The number of nitrogens with two attached hydrogens (primary N) is 1. The van der Waals surface area contributed by atoms with Gasteiger partial charge in [0.05, 0.1) is 5.02 Å². The molecule has 1 aliphatic rings. The summed E-state index contributed by atoms with van der Waals surface area (Å²) in [5.41, 5.74) is 6.99. The first-order valence-corrected chi connectivity index (χ1v) is 9.84. The third-order valence-electron chi connectivity index (χ3n) is 4.86. The normalized spacial score (nSPS) is 15.5. The van der Waals surface area contributed by atoms with Crippen LogP contribution in [0.2, 0.25) is 5.02 Å². The van der Waals surface area contributed by atoms with E-state index in [1.165, 1.54) is 9.58 Å². The molecule has 1 aliphatic heterocycles. The van der Waals surface area contributed by atoms with Crippen molar-refractivity contribution in [3.8, 4) is 0 Å². The quantitative estimate of drug-likeness (QED) is 0.739. The van der Waals surface area contributed by atoms with Crippen LogP contribution < -0.4 is 10.6 Å². The second-order valence-corrected chi connectivity index (χ2v) is 8.02. The first kappa shape index (κ1) is 17.3. The summed E-state index contributed by atoms with van der Waals surface area (Å²) in [5, 5.41) is 2.05. The minimum absolute atomic E-state index is 0.387. The number of rotatable bonds is 4. The molecule has 26 heavy (non-hydrogen) atoms. The molecule has 0 bridgehead atoms. The van der Waals surface area contributed by atoms with Crippen molar-refractivity contribution in [1.82, 2.24) is 4.90 Å². The molecule has 3 aromatic rings. The van der Waals surface area contributed by atoms with E-state index in [-0.39, 0.29) is 5.91 Å². The van der Waals surface area contributed by atoms with E-state index in [1.54, 1.807) is 23.5 Å². The predicted molar refractivity (Wildman–Crippen MR) is 109 cm³/mol. The third-order valence-corrected chi connectivity index (χ3v) is 6.56. The minimum atomic E-state index is -0.387. The van der Waals surface area contributed by atoms with Crippen molar-refractivity contribution >= 4 is 44.6 Å². The molecular weight excluding hydrogens is 366 g/mol. The summed E-state index contributed by atoms with van der Waals surface area (Å²) in [6.45, 7) is 4.79. The first-order chi connectivity index (χ1) is 12.6. The highest BCUT2D eigenvalue weighted by molar-refractivity contribution is 7.19. The number of carbonyl (C=O) groups is 1.